The number of hydrogen-bond donors (Lipinski definition) is 3. The van der Waals surface area contributed by atoms with Crippen LogP contribution in [0.1, 0.15) is 63.4 Å². The van der Waals surface area contributed by atoms with Gasteiger partial charge in [-0.25, -0.2) is 0 Å². The van der Waals surface area contributed by atoms with Crippen LogP contribution in [0.4, 0.5) is 0 Å². The van der Waals surface area contributed by atoms with Crippen LogP contribution in [0.25, 0.3) is 10.8 Å². The molecule has 1 aliphatic carbocycles. The molecule has 0 bridgehead atoms. The van der Waals surface area contributed by atoms with Crippen LogP contribution in [0.2, 0.25) is 0 Å². The molecular weight excluding hydrogens is 320 g/mol. The molecule has 3 N–H and O–H groups in total. The number of nitrogens with one attached hydrogen (secondary N) is 2. The first kappa shape index (κ1) is 19.1. The molecule has 0 aromatic heterocycles. The SMILES string of the molecule is CN[C@H](C)CC(=N)CC(c1cccc2ccccc12)C1(O)CCCCC1. The third-order valence-corrected chi connectivity index (χ3v) is 6.06. The average Bonchev–Trinajstić information content (AvgIpc) is 2.66. The highest BCUT2D eigenvalue weighted by Gasteiger charge is 2.39. The first-order valence-electron chi connectivity index (χ1n) is 9.97. The first-order valence-corrected chi connectivity index (χ1v) is 9.97. The summed E-state index contributed by atoms with van der Waals surface area (Å²) in [6, 6.07) is 15.1. The molecule has 0 spiro atoms. The highest BCUT2D eigenvalue weighted by Crippen LogP contribution is 2.44. The highest BCUT2D eigenvalue weighted by atomic mass is 16.3. The van der Waals surface area contributed by atoms with E-state index in [0.717, 1.165) is 37.8 Å². The molecular formula is C23H32N2O. The molecule has 0 amide bonds. The van der Waals surface area contributed by atoms with E-state index in [9.17, 15) is 5.11 Å². The van der Waals surface area contributed by atoms with Crippen molar-refractivity contribution in [2.24, 2.45) is 0 Å². The normalized spacial score (nSPS) is 19.2. The van der Waals surface area contributed by atoms with Gasteiger partial charge in [0.1, 0.15) is 0 Å². The van der Waals surface area contributed by atoms with Crippen LogP contribution in [0, 0.1) is 5.41 Å². The van der Waals surface area contributed by atoms with E-state index in [1.54, 1.807) is 0 Å². The van der Waals surface area contributed by atoms with Gasteiger partial charge in [0.15, 0.2) is 0 Å². The molecule has 2 atom stereocenters. The fourth-order valence-corrected chi connectivity index (χ4v) is 4.46. The van der Waals surface area contributed by atoms with Gasteiger partial charge < -0.3 is 15.8 Å². The number of benzene rings is 2. The van der Waals surface area contributed by atoms with E-state index in [-0.39, 0.29) is 12.0 Å². The van der Waals surface area contributed by atoms with Crippen LogP contribution in [-0.2, 0) is 0 Å². The van der Waals surface area contributed by atoms with Gasteiger partial charge in [-0.3, -0.25) is 0 Å². The largest absolute Gasteiger partial charge is 0.389 e. The van der Waals surface area contributed by atoms with Crippen molar-refractivity contribution < 1.29 is 5.11 Å². The van der Waals surface area contributed by atoms with Gasteiger partial charge in [0, 0.05) is 24.1 Å². The topological polar surface area (TPSA) is 56.1 Å². The van der Waals surface area contributed by atoms with Crippen LogP contribution in [0.3, 0.4) is 0 Å². The second kappa shape index (κ2) is 8.32. The summed E-state index contributed by atoms with van der Waals surface area (Å²) in [7, 11) is 1.94. The first-order chi connectivity index (χ1) is 12.5. The third kappa shape index (κ3) is 4.16. The quantitative estimate of drug-likeness (QED) is 0.612. The Balaban J connectivity index is 1.98. The van der Waals surface area contributed by atoms with E-state index in [1.807, 2.05) is 7.05 Å². The molecule has 1 unspecified atom stereocenters. The monoisotopic (exact) mass is 352 g/mol. The summed E-state index contributed by atoms with van der Waals surface area (Å²) in [5, 5.41) is 25.8. The van der Waals surface area contributed by atoms with Crippen molar-refractivity contribution in [3.8, 4) is 0 Å². The Morgan fingerprint density at radius 1 is 1.08 bits per heavy atom. The van der Waals surface area contributed by atoms with Gasteiger partial charge in [0.2, 0.25) is 0 Å². The lowest BCUT2D eigenvalue weighted by molar-refractivity contribution is -0.0198. The molecule has 3 nitrogen and oxygen atoms in total. The zero-order valence-corrected chi connectivity index (χ0v) is 16.1. The Morgan fingerprint density at radius 2 is 1.77 bits per heavy atom. The minimum absolute atomic E-state index is 0.00884. The predicted molar refractivity (Wildman–Crippen MR) is 110 cm³/mol. The Morgan fingerprint density at radius 3 is 2.50 bits per heavy atom. The molecule has 0 heterocycles. The van der Waals surface area contributed by atoms with E-state index in [0.29, 0.717) is 6.42 Å². The maximum atomic E-state index is 11.6. The molecule has 2 aromatic rings. The van der Waals surface area contributed by atoms with Gasteiger partial charge in [-0.2, -0.15) is 0 Å². The van der Waals surface area contributed by atoms with Gasteiger partial charge in [0.25, 0.3) is 0 Å². The Hall–Kier alpha value is -1.71. The van der Waals surface area contributed by atoms with Crippen LogP contribution in [0.5, 0.6) is 0 Å². The fourth-order valence-electron chi connectivity index (χ4n) is 4.46. The van der Waals surface area contributed by atoms with Crippen LogP contribution in [0.15, 0.2) is 42.5 Å². The maximum absolute atomic E-state index is 11.6. The lowest BCUT2D eigenvalue weighted by Crippen LogP contribution is -2.40. The van der Waals surface area contributed by atoms with Crippen LogP contribution in [-0.4, -0.2) is 29.5 Å². The van der Waals surface area contributed by atoms with Crippen molar-refractivity contribution in [1.29, 1.82) is 5.41 Å². The van der Waals surface area contributed by atoms with Crippen molar-refractivity contribution in [3.05, 3.63) is 48.0 Å². The molecule has 2 aromatic carbocycles. The summed E-state index contributed by atoms with van der Waals surface area (Å²) in [4.78, 5) is 0. The van der Waals surface area contributed by atoms with Crippen molar-refractivity contribution in [2.45, 2.75) is 69.4 Å². The molecule has 3 heteroatoms. The molecule has 0 aliphatic heterocycles. The molecule has 1 fully saturated rings. The number of fused-ring (bicyclic) bond motifs is 1. The highest BCUT2D eigenvalue weighted by molar-refractivity contribution is 5.88. The Kier molecular flexibility index (Phi) is 6.10. The molecule has 1 aliphatic rings. The van der Waals surface area contributed by atoms with Crippen molar-refractivity contribution in [3.63, 3.8) is 0 Å². The minimum Gasteiger partial charge on any atom is -0.389 e. The van der Waals surface area contributed by atoms with Crippen molar-refractivity contribution in [2.75, 3.05) is 7.05 Å². The number of aliphatic hydroxyl groups is 1. The summed E-state index contributed by atoms with van der Waals surface area (Å²) in [6.45, 7) is 2.11. The lowest BCUT2D eigenvalue weighted by Gasteiger charge is -2.40. The third-order valence-electron chi connectivity index (χ3n) is 6.06. The summed E-state index contributed by atoms with van der Waals surface area (Å²) < 4.78 is 0. The predicted octanol–water partition coefficient (Wildman–Crippen LogP) is 5.03. The van der Waals surface area contributed by atoms with Crippen LogP contribution >= 0.6 is 0 Å². The van der Waals surface area contributed by atoms with E-state index in [1.165, 1.54) is 22.8 Å². The molecule has 0 saturated heterocycles. The molecule has 26 heavy (non-hydrogen) atoms. The number of hydrogen-bond acceptors (Lipinski definition) is 3. The van der Waals surface area contributed by atoms with E-state index in [4.69, 9.17) is 5.41 Å². The maximum Gasteiger partial charge on any atom is 0.0719 e. The lowest BCUT2D eigenvalue weighted by atomic mass is 9.70. The minimum atomic E-state index is -0.697. The van der Waals surface area contributed by atoms with E-state index < -0.39 is 5.60 Å². The summed E-state index contributed by atoms with van der Waals surface area (Å²) in [6.07, 6.45) is 6.42. The second-order valence-electron chi connectivity index (χ2n) is 7.99. The Labute approximate surface area is 157 Å². The molecule has 140 valence electrons. The van der Waals surface area contributed by atoms with Gasteiger partial charge in [-0.15, -0.1) is 0 Å². The zero-order valence-electron chi connectivity index (χ0n) is 16.1. The average molecular weight is 353 g/mol. The molecule has 3 rings (SSSR count). The van der Waals surface area contributed by atoms with Crippen LogP contribution < -0.4 is 5.32 Å². The smallest absolute Gasteiger partial charge is 0.0719 e. The Bertz CT molecular complexity index is 743. The summed E-state index contributed by atoms with van der Waals surface area (Å²) >= 11 is 0. The van der Waals surface area contributed by atoms with Gasteiger partial charge in [-0.05, 0) is 49.6 Å². The van der Waals surface area contributed by atoms with Gasteiger partial charge in [0.05, 0.1) is 5.60 Å². The summed E-state index contributed by atoms with van der Waals surface area (Å²) in [5.41, 5.74) is 1.23. The second-order valence-corrected chi connectivity index (χ2v) is 7.99. The molecule has 1 saturated carbocycles. The van der Waals surface area contributed by atoms with Gasteiger partial charge >= 0.3 is 0 Å². The fraction of sp³-hybridized carbons (Fsp3) is 0.522. The van der Waals surface area contributed by atoms with E-state index in [2.05, 4.69) is 54.7 Å². The van der Waals surface area contributed by atoms with Crippen molar-refractivity contribution in [1.82, 2.24) is 5.32 Å². The standard InChI is InChI=1S/C23H32N2O/c1-17(25-2)15-19(24)16-22(23(26)13-6-3-7-14-23)21-12-8-10-18-9-4-5-11-20(18)21/h4-5,8-12,17,22,24-26H,3,6-7,13-16H2,1-2H3/t17-,22?/m1/s1. The zero-order chi connectivity index (χ0) is 18.6. The molecule has 0 radical (unpaired) electrons. The summed E-state index contributed by atoms with van der Waals surface area (Å²) in [5.74, 6) is -0.00884. The number of rotatable bonds is 7. The van der Waals surface area contributed by atoms with Crippen molar-refractivity contribution >= 4 is 16.5 Å². The van der Waals surface area contributed by atoms with E-state index >= 15 is 0 Å². The van der Waals surface area contributed by atoms with Gasteiger partial charge in [-0.1, -0.05) is 61.7 Å².